The van der Waals surface area contributed by atoms with E-state index in [0.29, 0.717) is 5.92 Å². The van der Waals surface area contributed by atoms with E-state index in [2.05, 4.69) is 0 Å². The van der Waals surface area contributed by atoms with Crippen LogP contribution in [0.3, 0.4) is 0 Å². The number of ketones is 1. The molecule has 1 aliphatic carbocycles. The van der Waals surface area contributed by atoms with E-state index >= 15 is 0 Å². The fraction of sp³-hybridized carbons (Fsp3) is 0.900. The highest BCUT2D eigenvalue weighted by Crippen LogP contribution is 2.30. The van der Waals surface area contributed by atoms with Gasteiger partial charge in [0.05, 0.1) is 0 Å². The molecule has 0 aromatic carbocycles. The van der Waals surface area contributed by atoms with Gasteiger partial charge in [-0.2, -0.15) is 0 Å². The van der Waals surface area contributed by atoms with Crippen LogP contribution in [-0.2, 0) is 4.79 Å². The third-order valence-corrected chi connectivity index (χ3v) is 2.93. The van der Waals surface area contributed by atoms with Crippen molar-refractivity contribution in [3.63, 3.8) is 0 Å². The third-order valence-electron chi connectivity index (χ3n) is 2.93. The molecule has 0 aromatic heterocycles. The van der Waals surface area contributed by atoms with E-state index in [9.17, 15) is 9.90 Å². The van der Waals surface area contributed by atoms with Crippen LogP contribution in [0.2, 0.25) is 0 Å². The molecule has 1 fully saturated rings. The van der Waals surface area contributed by atoms with Crippen molar-refractivity contribution in [2.45, 2.75) is 39.7 Å². The van der Waals surface area contributed by atoms with Gasteiger partial charge in [0.15, 0.2) is 5.78 Å². The molecule has 0 aromatic rings. The molecular weight excluding hydrogens is 152 g/mol. The summed E-state index contributed by atoms with van der Waals surface area (Å²) in [7, 11) is 0. The van der Waals surface area contributed by atoms with E-state index in [4.69, 9.17) is 0 Å². The zero-order valence-corrected chi connectivity index (χ0v) is 8.08. The highest BCUT2D eigenvalue weighted by atomic mass is 16.3. The summed E-state index contributed by atoms with van der Waals surface area (Å²) in [5.41, 5.74) is 0. The molecule has 2 nitrogen and oxygen atoms in total. The normalized spacial score (nSPS) is 37.4. The second-order valence-electron chi connectivity index (χ2n) is 4.25. The Morgan fingerprint density at radius 3 is 2.50 bits per heavy atom. The van der Waals surface area contributed by atoms with Crippen LogP contribution >= 0.6 is 0 Å². The molecule has 0 aliphatic heterocycles. The van der Waals surface area contributed by atoms with Gasteiger partial charge in [-0.15, -0.1) is 0 Å². The molecule has 0 heterocycles. The van der Waals surface area contributed by atoms with Crippen molar-refractivity contribution in [1.29, 1.82) is 0 Å². The van der Waals surface area contributed by atoms with Gasteiger partial charge >= 0.3 is 0 Å². The molecule has 0 unspecified atom stereocenters. The highest BCUT2D eigenvalue weighted by Gasteiger charge is 2.35. The molecule has 1 saturated carbocycles. The van der Waals surface area contributed by atoms with Crippen LogP contribution < -0.4 is 0 Å². The molecule has 0 radical (unpaired) electrons. The number of hydrogen-bond acceptors (Lipinski definition) is 2. The minimum absolute atomic E-state index is 0.0590. The van der Waals surface area contributed by atoms with Gasteiger partial charge < -0.3 is 5.11 Å². The summed E-state index contributed by atoms with van der Waals surface area (Å²) >= 11 is 0. The standard InChI is InChI=1S/C10H18O2/c1-6(2)8-5-4-7(3)9(11)10(8)12/h6-9,11H,4-5H2,1-3H3/t7-,8+,9+/m0/s1. The molecule has 1 aliphatic rings. The van der Waals surface area contributed by atoms with Crippen molar-refractivity contribution >= 4 is 5.78 Å². The second-order valence-corrected chi connectivity index (χ2v) is 4.25. The summed E-state index contributed by atoms with van der Waals surface area (Å²) in [5, 5.41) is 9.52. The Morgan fingerprint density at radius 1 is 1.42 bits per heavy atom. The minimum Gasteiger partial charge on any atom is -0.385 e. The van der Waals surface area contributed by atoms with E-state index in [1.807, 2.05) is 20.8 Å². The Morgan fingerprint density at radius 2 is 2.00 bits per heavy atom. The monoisotopic (exact) mass is 170 g/mol. The van der Waals surface area contributed by atoms with Gasteiger partial charge in [0.1, 0.15) is 6.10 Å². The molecule has 0 saturated heterocycles. The molecule has 2 heteroatoms. The van der Waals surface area contributed by atoms with E-state index < -0.39 is 6.10 Å². The van der Waals surface area contributed by atoms with Gasteiger partial charge in [-0.25, -0.2) is 0 Å². The summed E-state index contributed by atoms with van der Waals surface area (Å²) in [5.74, 6) is 0.687. The van der Waals surface area contributed by atoms with Crippen molar-refractivity contribution in [3.05, 3.63) is 0 Å². The number of rotatable bonds is 1. The highest BCUT2D eigenvalue weighted by molar-refractivity contribution is 5.86. The second kappa shape index (κ2) is 3.56. The molecule has 70 valence electrons. The Bertz CT molecular complexity index is 175. The number of aliphatic hydroxyl groups is 1. The third kappa shape index (κ3) is 1.69. The van der Waals surface area contributed by atoms with Crippen molar-refractivity contribution in [2.75, 3.05) is 0 Å². The van der Waals surface area contributed by atoms with E-state index in [-0.39, 0.29) is 17.6 Å². The lowest BCUT2D eigenvalue weighted by Crippen LogP contribution is -2.40. The summed E-state index contributed by atoms with van der Waals surface area (Å²) < 4.78 is 0. The van der Waals surface area contributed by atoms with Crippen LogP contribution in [0.1, 0.15) is 33.6 Å². The van der Waals surface area contributed by atoms with Crippen LogP contribution in [0.5, 0.6) is 0 Å². The average Bonchev–Trinajstić information content (AvgIpc) is 2.00. The number of hydrogen-bond donors (Lipinski definition) is 1. The molecule has 12 heavy (non-hydrogen) atoms. The number of Topliss-reactive ketones (excluding diaryl/α,β-unsaturated/α-hetero) is 1. The summed E-state index contributed by atoms with van der Waals surface area (Å²) in [6, 6.07) is 0. The quantitative estimate of drug-likeness (QED) is 0.649. The van der Waals surface area contributed by atoms with Crippen molar-refractivity contribution in [3.8, 4) is 0 Å². The Balaban J connectivity index is 2.65. The lowest BCUT2D eigenvalue weighted by Gasteiger charge is -2.31. The number of carbonyl (C=O) groups excluding carboxylic acids is 1. The molecule has 0 bridgehead atoms. The van der Waals surface area contributed by atoms with Crippen molar-refractivity contribution in [2.24, 2.45) is 17.8 Å². The maximum absolute atomic E-state index is 11.5. The van der Waals surface area contributed by atoms with Gasteiger partial charge in [0, 0.05) is 5.92 Å². The number of carbonyl (C=O) groups is 1. The predicted octanol–water partition coefficient (Wildman–Crippen LogP) is 1.62. The van der Waals surface area contributed by atoms with Crippen molar-refractivity contribution in [1.82, 2.24) is 0 Å². The molecule has 0 amide bonds. The summed E-state index contributed by atoms with van der Waals surface area (Å²) in [6.45, 7) is 6.04. The largest absolute Gasteiger partial charge is 0.385 e. The molecule has 0 spiro atoms. The molecule has 1 rings (SSSR count). The van der Waals surface area contributed by atoms with Crippen molar-refractivity contribution < 1.29 is 9.90 Å². The van der Waals surface area contributed by atoms with Crippen LogP contribution in [0, 0.1) is 17.8 Å². The van der Waals surface area contributed by atoms with E-state index in [0.717, 1.165) is 12.8 Å². The Labute approximate surface area is 74.0 Å². The van der Waals surface area contributed by atoms with E-state index in [1.165, 1.54) is 0 Å². The van der Waals surface area contributed by atoms with Crippen LogP contribution in [0.15, 0.2) is 0 Å². The summed E-state index contributed by atoms with van der Waals surface area (Å²) in [4.78, 5) is 11.5. The zero-order valence-electron chi connectivity index (χ0n) is 8.08. The first-order valence-electron chi connectivity index (χ1n) is 4.75. The van der Waals surface area contributed by atoms with Gasteiger partial charge in [-0.3, -0.25) is 4.79 Å². The first-order valence-corrected chi connectivity index (χ1v) is 4.75. The maximum atomic E-state index is 11.5. The predicted molar refractivity (Wildman–Crippen MR) is 47.7 cm³/mol. The lowest BCUT2D eigenvalue weighted by atomic mass is 9.75. The van der Waals surface area contributed by atoms with Crippen LogP contribution in [0.4, 0.5) is 0 Å². The fourth-order valence-corrected chi connectivity index (χ4v) is 1.90. The summed E-state index contributed by atoms with van der Waals surface area (Å²) in [6.07, 6.45) is 1.23. The number of aliphatic hydroxyl groups excluding tert-OH is 1. The van der Waals surface area contributed by atoms with Gasteiger partial charge in [-0.05, 0) is 24.7 Å². The van der Waals surface area contributed by atoms with Gasteiger partial charge in [0.2, 0.25) is 0 Å². The first kappa shape index (κ1) is 9.72. The SMILES string of the molecule is CC(C)[C@H]1CC[C@H](C)[C@@H](O)C1=O. The van der Waals surface area contributed by atoms with Crippen LogP contribution in [0.25, 0.3) is 0 Å². The molecule has 3 atom stereocenters. The average molecular weight is 170 g/mol. The van der Waals surface area contributed by atoms with Gasteiger partial charge in [0.25, 0.3) is 0 Å². The van der Waals surface area contributed by atoms with Crippen LogP contribution in [-0.4, -0.2) is 17.0 Å². The minimum atomic E-state index is -0.703. The molecule has 1 N–H and O–H groups in total. The maximum Gasteiger partial charge on any atom is 0.164 e. The van der Waals surface area contributed by atoms with Gasteiger partial charge in [-0.1, -0.05) is 20.8 Å². The zero-order chi connectivity index (χ0) is 9.30. The first-order chi connectivity index (χ1) is 5.54. The van der Waals surface area contributed by atoms with E-state index in [1.54, 1.807) is 0 Å². The molecular formula is C10H18O2. The fourth-order valence-electron chi connectivity index (χ4n) is 1.90. The smallest absolute Gasteiger partial charge is 0.164 e. The Kier molecular flexibility index (Phi) is 2.89. The topological polar surface area (TPSA) is 37.3 Å². The lowest BCUT2D eigenvalue weighted by molar-refractivity contribution is -0.138. The Hall–Kier alpha value is -0.370.